The summed E-state index contributed by atoms with van der Waals surface area (Å²) in [6.07, 6.45) is 10.9. The van der Waals surface area contributed by atoms with Gasteiger partial charge in [-0.05, 0) is 63.9 Å². The predicted molar refractivity (Wildman–Crippen MR) is 143 cm³/mol. The van der Waals surface area contributed by atoms with Crippen molar-refractivity contribution in [3.8, 4) is 11.5 Å². The van der Waals surface area contributed by atoms with Crippen molar-refractivity contribution in [2.24, 2.45) is 17.1 Å². The number of nitrogens with two attached hydrogens (primary N) is 1. The van der Waals surface area contributed by atoms with E-state index in [1.54, 1.807) is 13.2 Å². The topological polar surface area (TPSA) is 97.0 Å². The molecule has 7 rings (SSSR count). The molecule has 9 heteroatoms. The van der Waals surface area contributed by atoms with Crippen LogP contribution in [0.4, 0.5) is 0 Å². The Bertz CT molecular complexity index is 1050. The molecule has 6 atom stereocenters. The molecule has 1 saturated carbocycles. The van der Waals surface area contributed by atoms with Gasteiger partial charge in [-0.25, -0.2) is 0 Å². The molecule has 4 N–H and O–H groups in total. The first-order valence-electron chi connectivity index (χ1n) is 12.9. The van der Waals surface area contributed by atoms with E-state index in [1.807, 2.05) is 0 Å². The summed E-state index contributed by atoms with van der Waals surface area (Å²) in [7, 11) is 3.91. The van der Waals surface area contributed by atoms with Gasteiger partial charge in [-0.3, -0.25) is 4.79 Å². The zero-order chi connectivity index (χ0) is 23.7. The number of likely N-dealkylation sites (tertiary alicyclic amines) is 1. The number of halogens is 2. The third-order valence-electron chi connectivity index (χ3n) is 9.82. The number of rotatable bonds is 8. The number of amides is 1. The van der Waals surface area contributed by atoms with Crippen LogP contribution < -0.4 is 15.8 Å². The van der Waals surface area contributed by atoms with Crippen LogP contribution in [0.3, 0.4) is 0 Å². The first kappa shape index (κ1) is 27.5. The molecule has 4 aliphatic carbocycles. The third kappa shape index (κ3) is 3.25. The van der Waals surface area contributed by atoms with Gasteiger partial charge in [0.15, 0.2) is 11.5 Å². The van der Waals surface area contributed by atoms with Gasteiger partial charge in [0.2, 0.25) is 5.91 Å². The number of phenolic OH excluding ortho intramolecular Hbond substituents is 1. The van der Waals surface area contributed by atoms with E-state index in [2.05, 4.69) is 35.5 Å². The number of carbonyl (C=O) groups is 1. The summed E-state index contributed by atoms with van der Waals surface area (Å²) in [5.41, 5.74) is 6.67. The fraction of sp³-hybridized carbons (Fsp3) is 0.667. The molecule has 1 aromatic rings. The number of hydrogen-bond donors (Lipinski definition) is 3. The number of carbonyl (C=O) groups excluding carboxylic acids is 1. The molecular formula is C27H39Cl2N3O4. The third-order valence-corrected chi connectivity index (χ3v) is 9.82. The monoisotopic (exact) mass is 539 g/mol. The van der Waals surface area contributed by atoms with Crippen molar-refractivity contribution in [3.05, 3.63) is 35.4 Å². The van der Waals surface area contributed by atoms with Gasteiger partial charge >= 0.3 is 0 Å². The van der Waals surface area contributed by atoms with Crippen LogP contribution in [0.2, 0.25) is 0 Å². The van der Waals surface area contributed by atoms with E-state index in [0.29, 0.717) is 12.3 Å². The van der Waals surface area contributed by atoms with Crippen LogP contribution in [0.5, 0.6) is 11.5 Å². The minimum atomic E-state index is -0.855. The molecule has 0 radical (unpaired) electrons. The molecule has 4 bridgehead atoms. The minimum Gasteiger partial charge on any atom is -0.504 e. The molecule has 2 spiro atoms. The predicted octanol–water partition coefficient (Wildman–Crippen LogP) is 3.09. The molecule has 6 aliphatic rings. The van der Waals surface area contributed by atoms with Crippen LogP contribution >= 0.6 is 24.8 Å². The standard InChI is InChI=1S/C27H37N3O4.2ClH/c1-30-14-11-26-21-17-7-8-19(31)22(21)34-24(26)27(33-2)10-9-25(26,20(30)15-17)16-18(27)23(32)29-13-6-4-3-5-12-28;;/h7-10,18,20,24,31H,3-6,11-16,28H2,1-2H3,(H,29,32);2*1H/t18-,20-,24-,25-,26+,27-;;/m1../s1. The number of ether oxygens (including phenoxy) is 2. The number of aromatic hydroxyl groups is 1. The number of benzene rings is 1. The van der Waals surface area contributed by atoms with Gasteiger partial charge in [-0.2, -0.15) is 0 Å². The summed E-state index contributed by atoms with van der Waals surface area (Å²) < 4.78 is 13.0. The number of likely N-dealkylation sites (N-methyl/N-ethyl adjacent to an activating group) is 1. The minimum absolute atomic E-state index is 0. The van der Waals surface area contributed by atoms with Crippen molar-refractivity contribution in [1.82, 2.24) is 10.2 Å². The van der Waals surface area contributed by atoms with Gasteiger partial charge in [0.25, 0.3) is 0 Å². The van der Waals surface area contributed by atoms with Crippen molar-refractivity contribution < 1.29 is 19.4 Å². The van der Waals surface area contributed by atoms with Crippen LogP contribution in [0.1, 0.15) is 49.7 Å². The van der Waals surface area contributed by atoms with Crippen LogP contribution in [-0.2, 0) is 21.4 Å². The van der Waals surface area contributed by atoms with Gasteiger partial charge < -0.3 is 30.5 Å². The maximum absolute atomic E-state index is 13.7. The van der Waals surface area contributed by atoms with E-state index in [-0.39, 0.29) is 65.4 Å². The summed E-state index contributed by atoms with van der Waals surface area (Å²) in [6, 6.07) is 4.12. The van der Waals surface area contributed by atoms with Crippen LogP contribution in [0, 0.1) is 11.3 Å². The number of unbranched alkanes of at least 4 members (excludes halogenated alkanes) is 3. The van der Waals surface area contributed by atoms with Crippen molar-refractivity contribution in [2.75, 3.05) is 33.8 Å². The lowest BCUT2D eigenvalue weighted by molar-refractivity contribution is -0.213. The van der Waals surface area contributed by atoms with Gasteiger partial charge in [0.1, 0.15) is 11.7 Å². The van der Waals surface area contributed by atoms with E-state index in [9.17, 15) is 9.90 Å². The average Bonchev–Trinajstić information content (AvgIpc) is 3.22. The van der Waals surface area contributed by atoms with Crippen LogP contribution in [0.15, 0.2) is 24.3 Å². The maximum Gasteiger partial charge on any atom is 0.226 e. The second-order valence-corrected chi connectivity index (χ2v) is 11.0. The Labute approximate surface area is 226 Å². The molecular weight excluding hydrogens is 501 g/mol. The zero-order valence-corrected chi connectivity index (χ0v) is 22.8. The van der Waals surface area contributed by atoms with Crippen molar-refractivity contribution >= 4 is 30.7 Å². The van der Waals surface area contributed by atoms with E-state index >= 15 is 0 Å². The smallest absolute Gasteiger partial charge is 0.226 e. The zero-order valence-electron chi connectivity index (χ0n) is 21.1. The highest BCUT2D eigenvalue weighted by Gasteiger charge is 2.79. The lowest BCUT2D eigenvalue weighted by atomic mass is 9.37. The van der Waals surface area contributed by atoms with Crippen LogP contribution in [-0.4, -0.2) is 67.5 Å². The summed E-state index contributed by atoms with van der Waals surface area (Å²) in [5, 5.41) is 14.0. The Morgan fingerprint density at radius 2 is 2.03 bits per heavy atom. The average molecular weight is 541 g/mol. The first-order chi connectivity index (χ1) is 16.4. The highest BCUT2D eigenvalue weighted by atomic mass is 35.5. The summed E-state index contributed by atoms with van der Waals surface area (Å²) >= 11 is 0. The molecule has 200 valence electrons. The Morgan fingerprint density at radius 1 is 1.25 bits per heavy atom. The number of phenols is 1. The number of methoxy groups -OCH3 is 1. The molecule has 1 saturated heterocycles. The summed E-state index contributed by atoms with van der Waals surface area (Å²) in [6.45, 7) is 2.35. The van der Waals surface area contributed by atoms with E-state index in [1.165, 1.54) is 11.1 Å². The highest BCUT2D eigenvalue weighted by Crippen LogP contribution is 2.74. The number of piperidine rings is 1. The molecule has 36 heavy (non-hydrogen) atoms. The second kappa shape index (κ2) is 9.66. The Kier molecular flexibility index (Phi) is 7.39. The van der Waals surface area contributed by atoms with Crippen LogP contribution in [0.25, 0.3) is 0 Å². The fourth-order valence-electron chi connectivity index (χ4n) is 8.31. The lowest BCUT2D eigenvalue weighted by Crippen LogP contribution is -2.79. The first-order valence-corrected chi connectivity index (χ1v) is 12.9. The maximum atomic E-state index is 13.7. The molecule has 2 heterocycles. The fourth-order valence-corrected chi connectivity index (χ4v) is 8.31. The van der Waals surface area contributed by atoms with Crippen molar-refractivity contribution in [2.45, 2.75) is 68.1 Å². The molecule has 7 nitrogen and oxygen atoms in total. The van der Waals surface area contributed by atoms with E-state index < -0.39 is 5.60 Å². The van der Waals surface area contributed by atoms with Gasteiger partial charge in [0, 0.05) is 30.7 Å². The Hall–Kier alpha value is -1.51. The molecule has 2 fully saturated rings. The van der Waals surface area contributed by atoms with Gasteiger partial charge in [0.05, 0.1) is 11.3 Å². The van der Waals surface area contributed by atoms with Crippen molar-refractivity contribution in [3.63, 3.8) is 0 Å². The second-order valence-electron chi connectivity index (χ2n) is 11.0. The molecule has 0 unspecified atom stereocenters. The number of hydrogen-bond acceptors (Lipinski definition) is 6. The van der Waals surface area contributed by atoms with Gasteiger partial charge in [-0.1, -0.05) is 31.1 Å². The molecule has 2 aliphatic heterocycles. The molecule has 0 aromatic heterocycles. The van der Waals surface area contributed by atoms with Gasteiger partial charge in [-0.15, -0.1) is 24.8 Å². The van der Waals surface area contributed by atoms with E-state index in [0.717, 1.165) is 58.0 Å². The summed E-state index contributed by atoms with van der Waals surface area (Å²) in [5.74, 6) is 0.520. The largest absolute Gasteiger partial charge is 0.504 e. The molecule has 1 amide bonds. The lowest BCUT2D eigenvalue weighted by Gasteiger charge is -2.70. The number of nitrogens with one attached hydrogen (secondary N) is 1. The normalized spacial score (nSPS) is 36.4. The SMILES string of the molecule is CO[C@]12C=C[C@@]3(C[C@@H]1C(=O)NCCCCCCN)[C@H]1Cc4ccc(O)c5c4[C@@]3(CCN1C)[C@H]2O5.Cl.Cl. The number of nitrogens with zero attached hydrogens (tertiary/aromatic N) is 1. The molecule has 1 aromatic carbocycles. The Morgan fingerprint density at radius 3 is 2.78 bits per heavy atom. The van der Waals surface area contributed by atoms with Crippen molar-refractivity contribution in [1.29, 1.82) is 0 Å². The summed E-state index contributed by atoms with van der Waals surface area (Å²) in [4.78, 5) is 16.1. The quantitative estimate of drug-likeness (QED) is 0.347. The number of fused-ring (bicyclic) bond motifs is 1. The van der Waals surface area contributed by atoms with E-state index in [4.69, 9.17) is 15.2 Å². The highest BCUT2D eigenvalue weighted by molar-refractivity contribution is 5.85. The Balaban J connectivity index is 0.00000152.